The third-order valence-electron chi connectivity index (χ3n) is 4.40. The van der Waals surface area contributed by atoms with Gasteiger partial charge in [-0.25, -0.2) is 0 Å². The Morgan fingerprint density at radius 1 is 1.08 bits per heavy atom. The highest BCUT2D eigenvalue weighted by atomic mass is 16.5. The van der Waals surface area contributed by atoms with Crippen LogP contribution in [-0.2, 0) is 17.9 Å². The summed E-state index contributed by atoms with van der Waals surface area (Å²) in [6.45, 7) is 7.82. The van der Waals surface area contributed by atoms with Gasteiger partial charge >= 0.3 is 0 Å². The Labute approximate surface area is 155 Å². The fourth-order valence-corrected chi connectivity index (χ4v) is 2.74. The van der Waals surface area contributed by atoms with Crippen LogP contribution in [0, 0.1) is 11.3 Å². The maximum absolute atomic E-state index is 12.1. The molecule has 0 unspecified atom stereocenters. The van der Waals surface area contributed by atoms with E-state index in [1.807, 2.05) is 18.2 Å². The van der Waals surface area contributed by atoms with E-state index in [2.05, 4.69) is 31.3 Å². The van der Waals surface area contributed by atoms with Crippen molar-refractivity contribution in [3.05, 3.63) is 65.2 Å². The van der Waals surface area contributed by atoms with Crippen molar-refractivity contribution in [2.45, 2.75) is 26.9 Å². The molecule has 1 amide bonds. The molecule has 0 saturated heterocycles. The van der Waals surface area contributed by atoms with Crippen molar-refractivity contribution in [1.82, 2.24) is 5.32 Å². The van der Waals surface area contributed by atoms with Crippen molar-refractivity contribution in [3.8, 4) is 11.8 Å². The molecular formula is C21H26N3O2+. The topological polar surface area (TPSA) is 66.6 Å². The highest BCUT2D eigenvalue weighted by molar-refractivity contribution is 5.77. The first-order chi connectivity index (χ1) is 12.7. The zero-order valence-electron chi connectivity index (χ0n) is 15.4. The Morgan fingerprint density at radius 2 is 1.73 bits per heavy atom. The second-order valence-electron chi connectivity index (χ2n) is 6.08. The number of carbonyl (C=O) groups excluding carboxylic acids is 1. The van der Waals surface area contributed by atoms with E-state index >= 15 is 0 Å². The van der Waals surface area contributed by atoms with Crippen LogP contribution in [0.15, 0.2) is 48.5 Å². The minimum Gasteiger partial charge on any atom is -0.482 e. The third-order valence-corrected chi connectivity index (χ3v) is 4.40. The van der Waals surface area contributed by atoms with E-state index in [-0.39, 0.29) is 12.5 Å². The second kappa shape index (κ2) is 10.2. The van der Waals surface area contributed by atoms with E-state index in [9.17, 15) is 4.79 Å². The molecule has 0 spiro atoms. The Balaban J connectivity index is 1.90. The predicted molar refractivity (Wildman–Crippen MR) is 101 cm³/mol. The maximum Gasteiger partial charge on any atom is 0.258 e. The number of carbonyl (C=O) groups is 1. The van der Waals surface area contributed by atoms with Crippen molar-refractivity contribution in [2.75, 3.05) is 19.7 Å². The number of amides is 1. The molecule has 0 bridgehead atoms. The average molecular weight is 352 g/mol. The number of hydrogen-bond acceptors (Lipinski definition) is 3. The molecule has 0 fully saturated rings. The van der Waals surface area contributed by atoms with E-state index < -0.39 is 0 Å². The quantitative estimate of drug-likeness (QED) is 0.722. The lowest BCUT2D eigenvalue weighted by Gasteiger charge is -2.18. The summed E-state index contributed by atoms with van der Waals surface area (Å²) in [5.74, 6) is 0.221. The van der Waals surface area contributed by atoms with Gasteiger partial charge in [0.25, 0.3) is 5.91 Å². The summed E-state index contributed by atoms with van der Waals surface area (Å²) in [6.07, 6.45) is 0. The molecule has 2 N–H and O–H groups in total. The molecule has 0 aromatic heterocycles. The SMILES string of the molecule is CC[NH+](CC)Cc1ccccc1CNC(=O)COc1ccccc1C#N. The first-order valence-corrected chi connectivity index (χ1v) is 8.96. The molecule has 136 valence electrons. The number of nitrogens with zero attached hydrogens (tertiary/aromatic N) is 1. The van der Waals surface area contributed by atoms with Crippen LogP contribution in [0.25, 0.3) is 0 Å². The second-order valence-corrected chi connectivity index (χ2v) is 6.08. The van der Waals surface area contributed by atoms with Gasteiger partial charge in [0.1, 0.15) is 18.4 Å². The molecule has 5 nitrogen and oxygen atoms in total. The van der Waals surface area contributed by atoms with Crippen molar-refractivity contribution >= 4 is 5.91 Å². The van der Waals surface area contributed by atoms with Gasteiger partial charge in [0.2, 0.25) is 0 Å². The summed E-state index contributed by atoms with van der Waals surface area (Å²) in [5, 5.41) is 11.9. The Hall–Kier alpha value is -2.84. The van der Waals surface area contributed by atoms with Gasteiger partial charge in [-0.3, -0.25) is 4.79 Å². The lowest BCUT2D eigenvalue weighted by atomic mass is 10.1. The molecule has 0 saturated carbocycles. The number of ether oxygens (including phenoxy) is 1. The molecule has 0 atom stereocenters. The fraction of sp³-hybridized carbons (Fsp3) is 0.333. The largest absolute Gasteiger partial charge is 0.482 e. The number of rotatable bonds is 9. The monoisotopic (exact) mass is 352 g/mol. The Kier molecular flexibility index (Phi) is 7.66. The van der Waals surface area contributed by atoms with Crippen LogP contribution in [0.2, 0.25) is 0 Å². The van der Waals surface area contributed by atoms with Crippen LogP contribution in [0.1, 0.15) is 30.5 Å². The van der Waals surface area contributed by atoms with Gasteiger partial charge < -0.3 is 15.0 Å². The molecule has 0 aliphatic rings. The zero-order chi connectivity index (χ0) is 18.8. The van der Waals surface area contributed by atoms with E-state index in [4.69, 9.17) is 10.00 Å². The number of nitrogens with one attached hydrogen (secondary N) is 2. The van der Waals surface area contributed by atoms with Crippen LogP contribution in [-0.4, -0.2) is 25.6 Å². The van der Waals surface area contributed by atoms with Crippen molar-refractivity contribution in [1.29, 1.82) is 5.26 Å². The summed E-state index contributed by atoms with van der Waals surface area (Å²) >= 11 is 0. The highest BCUT2D eigenvalue weighted by Crippen LogP contribution is 2.16. The molecule has 0 heterocycles. The standard InChI is InChI=1S/C21H25N3O2/c1-3-24(4-2)15-19-11-6-5-10-18(19)14-23-21(25)16-26-20-12-8-7-9-17(20)13-22/h5-12H,3-4,14-16H2,1-2H3,(H,23,25)/p+1. The maximum atomic E-state index is 12.1. The van der Waals surface area contributed by atoms with E-state index in [1.54, 1.807) is 24.3 Å². The van der Waals surface area contributed by atoms with E-state index in [0.717, 1.165) is 25.2 Å². The molecular weight excluding hydrogens is 326 g/mol. The number of nitriles is 1. The van der Waals surface area contributed by atoms with Crippen molar-refractivity contribution in [2.24, 2.45) is 0 Å². The van der Waals surface area contributed by atoms with Gasteiger partial charge in [0, 0.05) is 12.1 Å². The van der Waals surface area contributed by atoms with Crippen LogP contribution < -0.4 is 15.0 Å². The van der Waals surface area contributed by atoms with Crippen LogP contribution in [0.4, 0.5) is 0 Å². The first kappa shape index (κ1) is 19.5. The zero-order valence-corrected chi connectivity index (χ0v) is 15.4. The Bertz CT molecular complexity index is 764. The number of quaternary nitrogens is 1. The minimum absolute atomic E-state index is 0.109. The molecule has 0 aliphatic carbocycles. The summed E-state index contributed by atoms with van der Waals surface area (Å²) in [5.41, 5.74) is 2.80. The average Bonchev–Trinajstić information content (AvgIpc) is 2.69. The number of hydrogen-bond donors (Lipinski definition) is 2. The van der Waals surface area contributed by atoms with Gasteiger partial charge in [-0.2, -0.15) is 5.26 Å². The van der Waals surface area contributed by atoms with Gasteiger partial charge in [-0.05, 0) is 31.5 Å². The molecule has 0 aliphatic heterocycles. The van der Waals surface area contributed by atoms with Gasteiger partial charge in [0.15, 0.2) is 6.61 Å². The molecule has 2 aromatic rings. The van der Waals surface area contributed by atoms with Crippen LogP contribution >= 0.6 is 0 Å². The van der Waals surface area contributed by atoms with E-state index in [0.29, 0.717) is 17.9 Å². The predicted octanol–water partition coefficient (Wildman–Crippen LogP) is 1.68. The van der Waals surface area contributed by atoms with Crippen molar-refractivity contribution in [3.63, 3.8) is 0 Å². The smallest absolute Gasteiger partial charge is 0.258 e. The van der Waals surface area contributed by atoms with Crippen molar-refractivity contribution < 1.29 is 14.4 Å². The summed E-state index contributed by atoms with van der Waals surface area (Å²) in [6, 6.07) is 17.1. The number of benzene rings is 2. The third kappa shape index (κ3) is 5.61. The normalized spacial score (nSPS) is 10.4. The number of para-hydroxylation sites is 1. The van der Waals surface area contributed by atoms with E-state index in [1.165, 1.54) is 10.5 Å². The highest BCUT2D eigenvalue weighted by Gasteiger charge is 2.11. The molecule has 2 aromatic carbocycles. The first-order valence-electron chi connectivity index (χ1n) is 8.96. The lowest BCUT2D eigenvalue weighted by molar-refractivity contribution is -0.910. The summed E-state index contributed by atoms with van der Waals surface area (Å²) in [4.78, 5) is 13.6. The van der Waals surface area contributed by atoms with Crippen LogP contribution in [0.3, 0.4) is 0 Å². The van der Waals surface area contributed by atoms with Crippen LogP contribution in [0.5, 0.6) is 5.75 Å². The summed E-state index contributed by atoms with van der Waals surface area (Å²) in [7, 11) is 0. The fourth-order valence-electron chi connectivity index (χ4n) is 2.74. The summed E-state index contributed by atoms with van der Waals surface area (Å²) < 4.78 is 5.47. The molecule has 26 heavy (non-hydrogen) atoms. The Morgan fingerprint density at radius 3 is 2.42 bits per heavy atom. The molecule has 2 rings (SSSR count). The van der Waals surface area contributed by atoms with Gasteiger partial charge in [-0.1, -0.05) is 36.4 Å². The van der Waals surface area contributed by atoms with Gasteiger partial charge in [0.05, 0.1) is 18.7 Å². The lowest BCUT2D eigenvalue weighted by Crippen LogP contribution is -3.10. The minimum atomic E-state index is -0.206. The van der Waals surface area contributed by atoms with Gasteiger partial charge in [-0.15, -0.1) is 0 Å². The molecule has 0 radical (unpaired) electrons. The molecule has 5 heteroatoms.